The van der Waals surface area contributed by atoms with Crippen molar-refractivity contribution in [1.82, 2.24) is 9.88 Å². The van der Waals surface area contributed by atoms with Crippen LogP contribution in [0.15, 0.2) is 24.4 Å². The number of hydrogen-bond acceptors (Lipinski definition) is 4. The van der Waals surface area contributed by atoms with Crippen molar-refractivity contribution in [3.05, 3.63) is 45.4 Å². The van der Waals surface area contributed by atoms with Gasteiger partial charge in [-0.05, 0) is 30.2 Å². The SMILES string of the molecule is Cc1cnc(CN2Cc3ccc(N)cc3C2)s1. The molecule has 1 aliphatic rings. The van der Waals surface area contributed by atoms with Gasteiger partial charge in [0.2, 0.25) is 0 Å². The molecule has 3 rings (SSSR count). The molecular formula is C13H15N3S. The third-order valence-electron chi connectivity index (χ3n) is 3.05. The molecule has 0 atom stereocenters. The highest BCUT2D eigenvalue weighted by Crippen LogP contribution is 2.26. The molecule has 0 radical (unpaired) electrons. The Hall–Kier alpha value is -1.39. The van der Waals surface area contributed by atoms with Crippen LogP contribution in [-0.4, -0.2) is 9.88 Å². The van der Waals surface area contributed by atoms with Gasteiger partial charge in [-0.1, -0.05) is 6.07 Å². The van der Waals surface area contributed by atoms with Crippen LogP contribution in [0.5, 0.6) is 0 Å². The lowest BCUT2D eigenvalue weighted by molar-refractivity contribution is 0.275. The third kappa shape index (κ3) is 2.18. The quantitative estimate of drug-likeness (QED) is 0.827. The highest BCUT2D eigenvalue weighted by Gasteiger charge is 2.19. The van der Waals surface area contributed by atoms with Gasteiger partial charge in [0.25, 0.3) is 0 Å². The van der Waals surface area contributed by atoms with Crippen LogP contribution in [0, 0.1) is 6.92 Å². The normalized spacial score (nSPS) is 15.1. The first-order valence-electron chi connectivity index (χ1n) is 5.71. The summed E-state index contributed by atoms with van der Waals surface area (Å²) >= 11 is 1.78. The molecule has 3 nitrogen and oxygen atoms in total. The Labute approximate surface area is 105 Å². The van der Waals surface area contributed by atoms with Crippen LogP contribution in [0.4, 0.5) is 5.69 Å². The topological polar surface area (TPSA) is 42.2 Å². The second-order valence-electron chi connectivity index (χ2n) is 4.54. The number of nitrogens with zero attached hydrogens (tertiary/aromatic N) is 2. The van der Waals surface area contributed by atoms with Crippen molar-refractivity contribution in [1.29, 1.82) is 0 Å². The third-order valence-corrected chi connectivity index (χ3v) is 3.94. The average molecular weight is 245 g/mol. The first kappa shape index (κ1) is 10.7. The summed E-state index contributed by atoms with van der Waals surface area (Å²) < 4.78 is 0. The van der Waals surface area contributed by atoms with E-state index in [1.807, 2.05) is 12.3 Å². The fraction of sp³-hybridized carbons (Fsp3) is 0.308. The number of rotatable bonds is 2. The molecule has 1 aromatic heterocycles. The molecule has 0 saturated carbocycles. The second-order valence-corrected chi connectivity index (χ2v) is 5.86. The fourth-order valence-corrected chi connectivity index (χ4v) is 3.09. The number of fused-ring (bicyclic) bond motifs is 1. The summed E-state index contributed by atoms with van der Waals surface area (Å²) in [5.41, 5.74) is 9.42. The maximum atomic E-state index is 5.80. The molecule has 2 aromatic rings. The molecule has 2 N–H and O–H groups in total. The van der Waals surface area contributed by atoms with E-state index in [9.17, 15) is 0 Å². The lowest BCUT2D eigenvalue weighted by Gasteiger charge is -2.11. The Balaban J connectivity index is 1.74. The zero-order valence-electron chi connectivity index (χ0n) is 9.81. The number of benzene rings is 1. The molecule has 88 valence electrons. The molecule has 0 amide bonds. The van der Waals surface area contributed by atoms with Gasteiger partial charge in [-0.15, -0.1) is 11.3 Å². The molecule has 0 spiro atoms. The summed E-state index contributed by atoms with van der Waals surface area (Å²) in [6, 6.07) is 6.20. The zero-order chi connectivity index (χ0) is 11.8. The van der Waals surface area contributed by atoms with E-state index in [0.717, 1.165) is 25.3 Å². The van der Waals surface area contributed by atoms with Gasteiger partial charge in [-0.2, -0.15) is 0 Å². The first-order valence-corrected chi connectivity index (χ1v) is 6.53. The largest absolute Gasteiger partial charge is 0.399 e. The molecule has 1 aliphatic heterocycles. The molecule has 17 heavy (non-hydrogen) atoms. The monoisotopic (exact) mass is 245 g/mol. The number of thiazole rings is 1. The fourth-order valence-electron chi connectivity index (χ4n) is 2.26. The minimum atomic E-state index is 0.857. The van der Waals surface area contributed by atoms with E-state index in [4.69, 9.17) is 5.73 Å². The standard InChI is InChI=1S/C13H15N3S/c1-9-5-15-13(17-9)8-16-6-10-2-3-12(14)4-11(10)7-16/h2-5H,6-8,14H2,1H3. The predicted octanol–water partition coefficient (Wildman–Crippen LogP) is 2.55. The lowest BCUT2D eigenvalue weighted by atomic mass is 10.1. The van der Waals surface area contributed by atoms with E-state index in [2.05, 4.69) is 28.9 Å². The van der Waals surface area contributed by atoms with E-state index in [-0.39, 0.29) is 0 Å². The van der Waals surface area contributed by atoms with Crippen molar-refractivity contribution in [2.45, 2.75) is 26.6 Å². The van der Waals surface area contributed by atoms with Crippen molar-refractivity contribution in [2.75, 3.05) is 5.73 Å². The van der Waals surface area contributed by atoms with Crippen LogP contribution < -0.4 is 5.73 Å². The summed E-state index contributed by atoms with van der Waals surface area (Å²) in [7, 11) is 0. The van der Waals surface area contributed by atoms with Crippen molar-refractivity contribution >= 4 is 17.0 Å². The number of hydrogen-bond donors (Lipinski definition) is 1. The number of anilines is 1. The average Bonchev–Trinajstić information content (AvgIpc) is 2.84. The van der Waals surface area contributed by atoms with E-state index < -0.39 is 0 Å². The van der Waals surface area contributed by atoms with Crippen LogP contribution in [0.1, 0.15) is 21.0 Å². The number of nitrogen functional groups attached to an aromatic ring is 1. The van der Waals surface area contributed by atoms with Crippen molar-refractivity contribution in [3.63, 3.8) is 0 Å². The van der Waals surface area contributed by atoms with E-state index >= 15 is 0 Å². The van der Waals surface area contributed by atoms with Crippen LogP contribution in [-0.2, 0) is 19.6 Å². The molecule has 1 aromatic carbocycles. The second kappa shape index (κ2) is 4.13. The smallest absolute Gasteiger partial charge is 0.107 e. The van der Waals surface area contributed by atoms with E-state index in [1.165, 1.54) is 21.0 Å². The van der Waals surface area contributed by atoms with Gasteiger partial charge in [0.15, 0.2) is 0 Å². The maximum Gasteiger partial charge on any atom is 0.107 e. The van der Waals surface area contributed by atoms with Gasteiger partial charge in [0, 0.05) is 29.9 Å². The molecule has 0 aliphatic carbocycles. The van der Waals surface area contributed by atoms with Gasteiger partial charge in [0.1, 0.15) is 5.01 Å². The van der Waals surface area contributed by atoms with Gasteiger partial charge in [0.05, 0.1) is 6.54 Å². The van der Waals surface area contributed by atoms with E-state index in [0.29, 0.717) is 0 Å². The van der Waals surface area contributed by atoms with Gasteiger partial charge in [-0.3, -0.25) is 4.90 Å². The number of nitrogens with two attached hydrogens (primary N) is 1. The van der Waals surface area contributed by atoms with Crippen LogP contribution in [0.2, 0.25) is 0 Å². The number of aromatic nitrogens is 1. The maximum absolute atomic E-state index is 5.80. The number of aryl methyl sites for hydroxylation is 1. The van der Waals surface area contributed by atoms with E-state index in [1.54, 1.807) is 11.3 Å². The Kier molecular flexibility index (Phi) is 2.61. The Morgan fingerprint density at radius 3 is 2.94 bits per heavy atom. The molecule has 2 heterocycles. The van der Waals surface area contributed by atoms with Crippen LogP contribution in [0.25, 0.3) is 0 Å². The Morgan fingerprint density at radius 2 is 2.18 bits per heavy atom. The van der Waals surface area contributed by atoms with Gasteiger partial charge >= 0.3 is 0 Å². The van der Waals surface area contributed by atoms with Crippen LogP contribution in [0.3, 0.4) is 0 Å². The summed E-state index contributed by atoms with van der Waals surface area (Å²) in [6.07, 6.45) is 1.95. The molecule has 0 saturated heterocycles. The summed E-state index contributed by atoms with van der Waals surface area (Å²) in [4.78, 5) is 8.10. The molecular weight excluding hydrogens is 230 g/mol. The van der Waals surface area contributed by atoms with Crippen molar-refractivity contribution < 1.29 is 0 Å². The molecule has 4 heteroatoms. The minimum Gasteiger partial charge on any atom is -0.399 e. The minimum absolute atomic E-state index is 0.857. The Bertz CT molecular complexity index is 545. The van der Waals surface area contributed by atoms with Gasteiger partial charge in [-0.25, -0.2) is 4.98 Å². The van der Waals surface area contributed by atoms with Crippen LogP contribution >= 0.6 is 11.3 Å². The summed E-state index contributed by atoms with van der Waals surface area (Å²) in [6.45, 7) is 5.03. The predicted molar refractivity (Wildman–Crippen MR) is 70.7 cm³/mol. The highest BCUT2D eigenvalue weighted by atomic mass is 32.1. The van der Waals surface area contributed by atoms with Crippen molar-refractivity contribution in [3.8, 4) is 0 Å². The molecule has 0 unspecified atom stereocenters. The molecule has 0 fully saturated rings. The lowest BCUT2D eigenvalue weighted by Crippen LogP contribution is -2.15. The molecule has 0 bridgehead atoms. The Morgan fingerprint density at radius 1 is 1.35 bits per heavy atom. The summed E-state index contributed by atoms with van der Waals surface area (Å²) in [5, 5.41) is 1.20. The van der Waals surface area contributed by atoms with Crippen molar-refractivity contribution in [2.24, 2.45) is 0 Å². The highest BCUT2D eigenvalue weighted by molar-refractivity contribution is 7.11. The van der Waals surface area contributed by atoms with Gasteiger partial charge < -0.3 is 5.73 Å². The zero-order valence-corrected chi connectivity index (χ0v) is 10.6. The first-order chi connectivity index (χ1) is 8.20. The summed E-state index contributed by atoms with van der Waals surface area (Å²) in [5.74, 6) is 0.